The van der Waals surface area contributed by atoms with Crippen molar-refractivity contribution in [2.45, 2.75) is 13.8 Å². The molecule has 0 amide bonds. The van der Waals surface area contributed by atoms with Crippen molar-refractivity contribution in [3.05, 3.63) is 26.4 Å². The highest BCUT2D eigenvalue weighted by Crippen LogP contribution is 2.03. The maximum atomic E-state index is 11.4. The molecular weight excluding hydrogens is 172 g/mol. The Balaban J connectivity index is 3.86. The first kappa shape index (κ1) is 9.19. The summed E-state index contributed by atoms with van der Waals surface area (Å²) < 4.78 is 3.71. The fourth-order valence-corrected chi connectivity index (χ4v) is 1.34. The molecular formula is C8H12N2OS. The molecule has 0 saturated carbocycles. The van der Waals surface area contributed by atoms with Gasteiger partial charge in [-0.15, -0.1) is 0 Å². The second-order valence-corrected chi connectivity index (χ2v) is 3.30. The van der Waals surface area contributed by atoms with Gasteiger partial charge in [0.1, 0.15) is 4.64 Å². The van der Waals surface area contributed by atoms with Crippen LogP contribution in [0, 0.1) is 18.5 Å². The molecule has 0 saturated heterocycles. The van der Waals surface area contributed by atoms with E-state index in [4.69, 9.17) is 12.2 Å². The fourth-order valence-electron chi connectivity index (χ4n) is 1.11. The summed E-state index contributed by atoms with van der Waals surface area (Å²) in [6.45, 7) is 3.82. The van der Waals surface area contributed by atoms with Gasteiger partial charge in [-0.2, -0.15) is 0 Å². The monoisotopic (exact) mass is 184 g/mol. The molecule has 0 spiro atoms. The Labute approximate surface area is 76.3 Å². The van der Waals surface area contributed by atoms with E-state index in [0.717, 1.165) is 11.3 Å². The normalized spacial score (nSPS) is 10.3. The summed E-state index contributed by atoms with van der Waals surface area (Å²) in [6.07, 6.45) is 0. The van der Waals surface area contributed by atoms with Crippen LogP contribution < -0.4 is 5.69 Å². The van der Waals surface area contributed by atoms with E-state index in [9.17, 15) is 4.79 Å². The van der Waals surface area contributed by atoms with Crippen LogP contribution in [0.25, 0.3) is 0 Å². The molecule has 1 heterocycles. The highest BCUT2D eigenvalue weighted by atomic mass is 32.1. The van der Waals surface area contributed by atoms with Gasteiger partial charge in [-0.3, -0.25) is 4.57 Å². The van der Waals surface area contributed by atoms with Gasteiger partial charge in [0.15, 0.2) is 0 Å². The van der Waals surface area contributed by atoms with Crippen LogP contribution in [0.5, 0.6) is 0 Å². The van der Waals surface area contributed by atoms with Crippen molar-refractivity contribution >= 4 is 12.2 Å². The van der Waals surface area contributed by atoms with Crippen LogP contribution in [-0.4, -0.2) is 9.13 Å². The molecule has 12 heavy (non-hydrogen) atoms. The van der Waals surface area contributed by atoms with Gasteiger partial charge in [0.25, 0.3) is 0 Å². The molecule has 0 aliphatic rings. The van der Waals surface area contributed by atoms with E-state index >= 15 is 0 Å². The average Bonchev–Trinajstić information content (AvgIpc) is 2.08. The highest BCUT2D eigenvalue weighted by Gasteiger charge is 2.03. The molecule has 1 aromatic rings. The molecule has 66 valence electrons. The topological polar surface area (TPSA) is 26.9 Å². The molecule has 0 atom stereocenters. The summed E-state index contributed by atoms with van der Waals surface area (Å²) in [6, 6.07) is 0. The van der Waals surface area contributed by atoms with Gasteiger partial charge in [-0.25, -0.2) is 4.79 Å². The summed E-state index contributed by atoms with van der Waals surface area (Å²) in [5, 5.41) is 0. The van der Waals surface area contributed by atoms with E-state index in [2.05, 4.69) is 0 Å². The van der Waals surface area contributed by atoms with Crippen LogP contribution in [0.1, 0.15) is 11.3 Å². The Morgan fingerprint density at radius 1 is 1.17 bits per heavy atom. The van der Waals surface area contributed by atoms with Gasteiger partial charge in [-0.1, -0.05) is 12.2 Å². The minimum atomic E-state index is -0.0666. The Kier molecular flexibility index (Phi) is 2.19. The first-order chi connectivity index (χ1) is 5.46. The number of aromatic nitrogens is 2. The smallest absolute Gasteiger partial charge is 0.301 e. The van der Waals surface area contributed by atoms with E-state index < -0.39 is 0 Å². The van der Waals surface area contributed by atoms with Gasteiger partial charge in [0.2, 0.25) is 0 Å². The predicted octanol–water partition coefficient (Wildman–Crippen LogP) is 1.07. The van der Waals surface area contributed by atoms with Crippen LogP contribution in [0.2, 0.25) is 0 Å². The zero-order valence-electron chi connectivity index (χ0n) is 7.71. The zero-order valence-corrected chi connectivity index (χ0v) is 8.53. The third-order valence-corrected chi connectivity index (χ3v) is 2.83. The van der Waals surface area contributed by atoms with Crippen LogP contribution in [0.4, 0.5) is 0 Å². The lowest BCUT2D eigenvalue weighted by Crippen LogP contribution is -2.29. The predicted molar refractivity (Wildman–Crippen MR) is 51.0 cm³/mol. The third kappa shape index (κ3) is 1.12. The maximum Gasteiger partial charge on any atom is 0.328 e. The van der Waals surface area contributed by atoms with Crippen molar-refractivity contribution in [2.75, 3.05) is 0 Å². The van der Waals surface area contributed by atoms with E-state index in [-0.39, 0.29) is 5.69 Å². The average molecular weight is 184 g/mol. The van der Waals surface area contributed by atoms with Crippen molar-refractivity contribution in [1.82, 2.24) is 9.13 Å². The van der Waals surface area contributed by atoms with E-state index in [1.165, 1.54) is 4.57 Å². The molecule has 4 heteroatoms. The standard InChI is InChI=1S/C8H12N2OS/c1-5-6(2)9(3)8(11)10(4)7(5)12/h1-4H3. The molecule has 0 unspecified atom stereocenters. The Bertz CT molecular complexity index is 391. The number of rotatable bonds is 0. The van der Waals surface area contributed by atoms with Crippen molar-refractivity contribution in [3.8, 4) is 0 Å². The lowest BCUT2D eigenvalue weighted by atomic mass is 10.3. The molecule has 0 aliphatic heterocycles. The SMILES string of the molecule is Cc1c(C)n(C)c(=O)n(C)c1=S. The maximum absolute atomic E-state index is 11.4. The molecule has 0 fully saturated rings. The van der Waals surface area contributed by atoms with Crippen molar-refractivity contribution < 1.29 is 0 Å². The van der Waals surface area contributed by atoms with E-state index in [1.807, 2.05) is 13.8 Å². The molecule has 0 aliphatic carbocycles. The minimum absolute atomic E-state index is 0.0666. The van der Waals surface area contributed by atoms with Crippen LogP contribution in [0.3, 0.4) is 0 Å². The van der Waals surface area contributed by atoms with Crippen LogP contribution in [0.15, 0.2) is 4.79 Å². The van der Waals surface area contributed by atoms with E-state index in [1.54, 1.807) is 18.7 Å². The Morgan fingerprint density at radius 3 is 2.17 bits per heavy atom. The molecule has 0 bridgehead atoms. The number of hydrogen-bond acceptors (Lipinski definition) is 2. The highest BCUT2D eigenvalue weighted by molar-refractivity contribution is 7.71. The largest absolute Gasteiger partial charge is 0.328 e. The number of hydrogen-bond donors (Lipinski definition) is 0. The summed E-state index contributed by atoms with van der Waals surface area (Å²) in [7, 11) is 3.44. The second kappa shape index (κ2) is 2.86. The number of nitrogens with zero attached hydrogens (tertiary/aromatic N) is 2. The second-order valence-electron chi connectivity index (χ2n) is 2.92. The molecule has 3 nitrogen and oxygen atoms in total. The van der Waals surface area contributed by atoms with Crippen molar-refractivity contribution in [1.29, 1.82) is 0 Å². The lowest BCUT2D eigenvalue weighted by Gasteiger charge is -2.09. The summed E-state index contributed by atoms with van der Waals surface area (Å²) >= 11 is 5.08. The van der Waals surface area contributed by atoms with Gasteiger partial charge in [0.05, 0.1) is 0 Å². The quantitative estimate of drug-likeness (QED) is 0.564. The van der Waals surface area contributed by atoms with Gasteiger partial charge >= 0.3 is 5.69 Å². The first-order valence-corrected chi connectivity index (χ1v) is 4.11. The molecule has 1 aromatic heterocycles. The molecule has 0 N–H and O–H groups in total. The summed E-state index contributed by atoms with van der Waals surface area (Å²) in [4.78, 5) is 11.4. The molecule has 0 radical (unpaired) electrons. The van der Waals surface area contributed by atoms with E-state index in [0.29, 0.717) is 4.64 Å². The van der Waals surface area contributed by atoms with Gasteiger partial charge in [0, 0.05) is 25.4 Å². The van der Waals surface area contributed by atoms with Crippen molar-refractivity contribution in [3.63, 3.8) is 0 Å². The van der Waals surface area contributed by atoms with Crippen molar-refractivity contribution in [2.24, 2.45) is 14.1 Å². The van der Waals surface area contributed by atoms with Gasteiger partial charge in [-0.05, 0) is 13.8 Å². The first-order valence-electron chi connectivity index (χ1n) is 3.70. The fraction of sp³-hybridized carbons (Fsp3) is 0.500. The summed E-state index contributed by atoms with van der Waals surface area (Å²) in [5.41, 5.74) is 1.86. The van der Waals surface area contributed by atoms with Crippen LogP contribution in [-0.2, 0) is 14.1 Å². The lowest BCUT2D eigenvalue weighted by molar-refractivity contribution is 0.670. The minimum Gasteiger partial charge on any atom is -0.301 e. The zero-order chi connectivity index (χ0) is 9.46. The molecule has 1 rings (SSSR count). The summed E-state index contributed by atoms with van der Waals surface area (Å²) in [5.74, 6) is 0. The van der Waals surface area contributed by atoms with Gasteiger partial charge < -0.3 is 4.57 Å². The van der Waals surface area contributed by atoms with Crippen LogP contribution >= 0.6 is 12.2 Å². The Morgan fingerprint density at radius 2 is 1.67 bits per heavy atom. The third-order valence-electron chi connectivity index (χ3n) is 2.25. The Hall–Kier alpha value is -0.900. The molecule has 0 aromatic carbocycles.